The minimum atomic E-state index is -3.05. The molecule has 2 aliphatic rings. The van der Waals surface area contributed by atoms with Crippen LogP contribution >= 0.6 is 0 Å². The van der Waals surface area contributed by atoms with Crippen LogP contribution in [-0.4, -0.2) is 39.9 Å². The number of carbonyl (C=O) groups excluding carboxylic acids is 1. The van der Waals surface area contributed by atoms with Crippen molar-refractivity contribution in [1.29, 1.82) is 0 Å². The molecule has 134 valence electrons. The Hall–Kier alpha value is -1.33. The smallest absolute Gasteiger partial charge is 0.391 e. The third-order valence-corrected chi connectivity index (χ3v) is 9.83. The van der Waals surface area contributed by atoms with E-state index in [9.17, 15) is 4.79 Å². The molecule has 2 saturated heterocycles. The molecule has 1 aromatic heterocycles. The lowest BCUT2D eigenvalue weighted by molar-refractivity contribution is -0.135. The molecule has 0 aliphatic carbocycles. The van der Waals surface area contributed by atoms with Crippen molar-refractivity contribution in [1.82, 2.24) is 14.8 Å². The van der Waals surface area contributed by atoms with Crippen molar-refractivity contribution >= 4 is 14.3 Å². The number of hydrogen-bond acceptors (Lipinski definition) is 8. The van der Waals surface area contributed by atoms with E-state index in [1.165, 1.54) is 6.33 Å². The second kappa shape index (κ2) is 6.52. The number of hydrogen-bond donors (Lipinski definition) is 0. The van der Waals surface area contributed by atoms with E-state index in [1.807, 2.05) is 13.8 Å². The highest BCUT2D eigenvalue weighted by Gasteiger charge is 2.85. The first-order chi connectivity index (χ1) is 11.6. The fourth-order valence-electron chi connectivity index (χ4n) is 3.16. The highest BCUT2D eigenvalue weighted by molar-refractivity contribution is 6.80. The quantitative estimate of drug-likeness (QED) is 0.354. The molecule has 0 aromatic carbocycles. The van der Waals surface area contributed by atoms with E-state index in [-0.39, 0.29) is 12.4 Å². The van der Waals surface area contributed by atoms with Crippen molar-refractivity contribution in [2.45, 2.75) is 69.9 Å². The van der Waals surface area contributed by atoms with Gasteiger partial charge in [0.15, 0.2) is 0 Å². The Kier molecular flexibility index (Phi) is 4.75. The highest BCUT2D eigenvalue weighted by Crippen LogP contribution is 2.57. The van der Waals surface area contributed by atoms with Crippen LogP contribution in [0.4, 0.5) is 0 Å². The molecule has 3 heterocycles. The van der Waals surface area contributed by atoms with Crippen molar-refractivity contribution < 1.29 is 28.8 Å². The van der Waals surface area contributed by atoms with Crippen molar-refractivity contribution in [2.75, 3.05) is 0 Å². The van der Waals surface area contributed by atoms with Gasteiger partial charge in [-0.15, -0.1) is 0 Å². The van der Waals surface area contributed by atoms with Crippen LogP contribution in [0.25, 0.3) is 0 Å². The van der Waals surface area contributed by atoms with Gasteiger partial charge in [0.05, 0.1) is 0 Å². The third kappa shape index (κ3) is 2.78. The molecule has 0 radical (unpaired) electrons. The SMILES string of the molecule is CCC(=O)O[Si](CCCn1cncn1)(C1(CC)OO1)C1(CC)OO1. The summed E-state index contributed by atoms with van der Waals surface area (Å²) < 4.78 is 7.74. The Morgan fingerprint density at radius 1 is 1.17 bits per heavy atom. The van der Waals surface area contributed by atoms with E-state index < -0.39 is 19.1 Å². The van der Waals surface area contributed by atoms with Crippen LogP contribution in [0.5, 0.6) is 0 Å². The van der Waals surface area contributed by atoms with Gasteiger partial charge in [0.1, 0.15) is 12.7 Å². The summed E-state index contributed by atoms with van der Waals surface area (Å²) in [6.07, 6.45) is 5.26. The van der Waals surface area contributed by atoms with Gasteiger partial charge >= 0.3 is 8.32 Å². The molecule has 0 unspecified atom stereocenters. The fraction of sp³-hybridized carbons (Fsp3) is 0.786. The van der Waals surface area contributed by atoms with Crippen molar-refractivity contribution in [2.24, 2.45) is 0 Å². The zero-order valence-corrected chi connectivity index (χ0v) is 15.2. The number of aryl methyl sites for hydroxylation is 1. The van der Waals surface area contributed by atoms with Gasteiger partial charge in [0.25, 0.3) is 16.8 Å². The first-order valence-electron chi connectivity index (χ1n) is 8.35. The molecular formula is C14H23N3O6Si. The zero-order chi connectivity index (χ0) is 17.3. The minimum Gasteiger partial charge on any atom is -0.507 e. The van der Waals surface area contributed by atoms with Crippen molar-refractivity contribution in [3.8, 4) is 0 Å². The van der Waals surface area contributed by atoms with Gasteiger partial charge in [-0.1, -0.05) is 20.8 Å². The van der Waals surface area contributed by atoms with Gasteiger partial charge in [0.2, 0.25) is 0 Å². The summed E-state index contributed by atoms with van der Waals surface area (Å²) in [5.74, 6) is -0.290. The first kappa shape index (κ1) is 17.5. The Morgan fingerprint density at radius 2 is 1.79 bits per heavy atom. The van der Waals surface area contributed by atoms with E-state index >= 15 is 0 Å². The van der Waals surface area contributed by atoms with E-state index in [2.05, 4.69) is 10.1 Å². The first-order valence-corrected chi connectivity index (χ1v) is 10.5. The molecule has 10 heteroatoms. The zero-order valence-electron chi connectivity index (χ0n) is 14.2. The van der Waals surface area contributed by atoms with E-state index in [0.717, 1.165) is 6.42 Å². The summed E-state index contributed by atoms with van der Waals surface area (Å²) in [7, 11) is -3.05. The van der Waals surface area contributed by atoms with Gasteiger partial charge in [-0.05, 0) is 12.5 Å². The summed E-state index contributed by atoms with van der Waals surface area (Å²) in [4.78, 5) is 37.5. The second-order valence-corrected chi connectivity index (χ2v) is 9.84. The van der Waals surface area contributed by atoms with Crippen LogP contribution in [0.1, 0.15) is 46.5 Å². The van der Waals surface area contributed by atoms with E-state index in [1.54, 1.807) is 17.9 Å². The summed E-state index contributed by atoms with van der Waals surface area (Å²) in [6, 6.07) is 0.584. The van der Waals surface area contributed by atoms with Gasteiger partial charge in [-0.2, -0.15) is 24.6 Å². The van der Waals surface area contributed by atoms with Gasteiger partial charge in [-0.3, -0.25) is 9.48 Å². The molecule has 9 nitrogen and oxygen atoms in total. The maximum Gasteiger partial charge on any atom is 0.391 e. The Bertz CT molecular complexity index is 553. The molecule has 0 saturated carbocycles. The van der Waals surface area contributed by atoms with Crippen molar-refractivity contribution in [3.63, 3.8) is 0 Å². The maximum atomic E-state index is 12.2. The molecule has 24 heavy (non-hydrogen) atoms. The lowest BCUT2D eigenvalue weighted by Gasteiger charge is -2.34. The molecule has 3 rings (SSSR count). The minimum absolute atomic E-state index is 0.275. The van der Waals surface area contributed by atoms with Gasteiger partial charge in [0, 0.05) is 25.8 Å². The molecule has 1 aromatic rings. The van der Waals surface area contributed by atoms with Crippen LogP contribution in [0.2, 0.25) is 6.04 Å². The number of carbonyl (C=O) groups is 1. The molecule has 2 fully saturated rings. The summed E-state index contributed by atoms with van der Waals surface area (Å²) in [5.41, 5.74) is -1.82. The Labute approximate surface area is 141 Å². The normalized spacial score (nSPS) is 20.6. The lowest BCUT2D eigenvalue weighted by Crippen LogP contribution is -2.65. The second-order valence-electron chi connectivity index (χ2n) is 5.96. The average Bonchev–Trinajstić information content (AvgIpc) is 3.52. The predicted octanol–water partition coefficient (Wildman–Crippen LogP) is 1.78. The lowest BCUT2D eigenvalue weighted by atomic mass is 10.5. The molecule has 0 N–H and O–H groups in total. The molecule has 0 spiro atoms. The summed E-state index contributed by atoms with van der Waals surface area (Å²) in [5, 5.41) is 4.10. The fourth-order valence-corrected chi connectivity index (χ4v) is 7.87. The Morgan fingerprint density at radius 3 is 2.21 bits per heavy atom. The monoisotopic (exact) mass is 357 g/mol. The van der Waals surface area contributed by atoms with Gasteiger partial charge < -0.3 is 4.43 Å². The molecule has 0 amide bonds. The van der Waals surface area contributed by atoms with Gasteiger partial charge in [-0.25, -0.2) is 4.98 Å². The summed E-state index contributed by atoms with van der Waals surface area (Å²) >= 11 is 0. The molecule has 0 bridgehead atoms. The van der Waals surface area contributed by atoms with Crippen LogP contribution < -0.4 is 0 Å². The molecule has 0 atom stereocenters. The summed E-state index contributed by atoms with van der Waals surface area (Å²) in [6.45, 7) is 6.30. The van der Waals surface area contributed by atoms with Crippen LogP contribution in [0.3, 0.4) is 0 Å². The number of nitrogens with zero attached hydrogens (tertiary/aromatic N) is 3. The number of rotatable bonds is 10. The standard InChI is InChI=1S/C14H23N3O6Si/c1-4-12(18)19-24(13(5-2)20-21-13,14(6-3)22-23-14)9-7-8-17-11-15-10-16-17/h10-11H,4-9H2,1-3H3. The van der Waals surface area contributed by atoms with Crippen LogP contribution in [0, 0.1) is 0 Å². The maximum absolute atomic E-state index is 12.2. The Balaban J connectivity index is 1.84. The topological polar surface area (TPSA) is 107 Å². The molecule has 2 aliphatic heterocycles. The van der Waals surface area contributed by atoms with Crippen LogP contribution in [0.15, 0.2) is 12.7 Å². The number of aromatic nitrogens is 3. The predicted molar refractivity (Wildman–Crippen MR) is 82.0 cm³/mol. The molecular weight excluding hydrogens is 334 g/mol. The van der Waals surface area contributed by atoms with Crippen LogP contribution in [-0.2, 0) is 35.3 Å². The van der Waals surface area contributed by atoms with Crippen molar-refractivity contribution in [3.05, 3.63) is 12.7 Å². The average molecular weight is 357 g/mol. The largest absolute Gasteiger partial charge is 0.507 e. The highest BCUT2D eigenvalue weighted by atomic mass is 28.4. The third-order valence-electron chi connectivity index (χ3n) is 4.69. The van der Waals surface area contributed by atoms with E-state index in [0.29, 0.717) is 25.4 Å². The van der Waals surface area contributed by atoms with E-state index in [4.69, 9.17) is 24.0 Å².